The molecule has 0 aliphatic carbocycles. The molecule has 18 heavy (non-hydrogen) atoms. The summed E-state index contributed by atoms with van der Waals surface area (Å²) in [6.45, 7) is 2.16. The molecule has 2 aromatic rings. The molecular weight excluding hydrogens is 284 g/mol. The monoisotopic (exact) mass is 304 g/mol. The van der Waals surface area contributed by atoms with Crippen LogP contribution in [0.25, 0.3) is 0 Å². The van der Waals surface area contributed by atoms with Crippen molar-refractivity contribution in [2.45, 2.75) is 25.2 Å². The van der Waals surface area contributed by atoms with E-state index < -0.39 is 0 Å². The van der Waals surface area contributed by atoms with Crippen LogP contribution in [0.3, 0.4) is 0 Å². The van der Waals surface area contributed by atoms with Crippen LogP contribution in [-0.2, 0) is 17.1 Å². The van der Waals surface area contributed by atoms with Crippen molar-refractivity contribution in [2.24, 2.45) is 0 Å². The molecule has 1 unspecified atom stereocenters. The van der Waals surface area contributed by atoms with Gasteiger partial charge in [0.2, 0.25) is 0 Å². The second kappa shape index (κ2) is 11.6. The molecule has 3 heteroatoms. The van der Waals surface area contributed by atoms with Crippen molar-refractivity contribution >= 4 is 11.8 Å². The maximum Gasteiger partial charge on any atom is 0.0807 e. The number of aliphatic hydroxyl groups is 1. The number of rotatable bonds is 5. The predicted molar refractivity (Wildman–Crippen MR) is 76.4 cm³/mol. The van der Waals surface area contributed by atoms with Gasteiger partial charge in [-0.15, -0.1) is 17.3 Å². The smallest absolute Gasteiger partial charge is 0.0807 e. The largest absolute Gasteiger partial charge is 0.748 e. The van der Waals surface area contributed by atoms with Gasteiger partial charge in [0.05, 0.1) is 5.44 Å². The van der Waals surface area contributed by atoms with Gasteiger partial charge in [0.1, 0.15) is 0 Å². The van der Waals surface area contributed by atoms with E-state index in [0.717, 1.165) is 11.3 Å². The number of thioether (sulfide) groups is 1. The molecule has 1 N–H and O–H groups in total. The molecular formula is C15H20FeOS-6. The molecule has 106 valence electrons. The van der Waals surface area contributed by atoms with Crippen molar-refractivity contribution in [3.63, 3.8) is 0 Å². The predicted octanol–water partition coefficient (Wildman–Crippen LogP) is 4.33. The van der Waals surface area contributed by atoms with Crippen molar-refractivity contribution in [1.29, 1.82) is 0 Å². The number of aliphatic hydroxyl groups excluding tert-OH is 1. The van der Waals surface area contributed by atoms with Crippen LogP contribution >= 0.6 is 11.8 Å². The molecule has 1 nitrogen and oxygen atoms in total. The molecule has 0 fully saturated rings. The third-order valence-electron chi connectivity index (χ3n) is 2.30. The minimum absolute atomic E-state index is 0. The molecule has 2 rings (SSSR count). The third-order valence-corrected chi connectivity index (χ3v) is 3.42. The quantitative estimate of drug-likeness (QED) is 0.384. The first-order valence-electron chi connectivity index (χ1n) is 6.02. The van der Waals surface area contributed by atoms with Gasteiger partial charge in [-0.1, -0.05) is 13.3 Å². The Morgan fingerprint density at radius 1 is 1.11 bits per heavy atom. The van der Waals surface area contributed by atoms with E-state index in [2.05, 4.69) is 6.92 Å². The van der Waals surface area contributed by atoms with Crippen LogP contribution in [0.5, 0.6) is 0 Å². The van der Waals surface area contributed by atoms with Gasteiger partial charge in [-0.25, -0.2) is 12.1 Å². The van der Waals surface area contributed by atoms with E-state index in [4.69, 9.17) is 0 Å². The van der Waals surface area contributed by atoms with E-state index >= 15 is 0 Å². The summed E-state index contributed by atoms with van der Waals surface area (Å²) in [6.07, 6.45) is 2.38. The van der Waals surface area contributed by atoms with Crippen molar-refractivity contribution < 1.29 is 22.2 Å². The molecule has 0 bridgehead atoms. The fourth-order valence-electron chi connectivity index (χ4n) is 1.31. The van der Waals surface area contributed by atoms with Crippen LogP contribution in [0.15, 0.2) is 54.6 Å². The van der Waals surface area contributed by atoms with Gasteiger partial charge in [-0.05, 0) is 12.2 Å². The van der Waals surface area contributed by atoms with Gasteiger partial charge >= 0.3 is 0 Å². The Hall–Kier alpha value is -0.471. The zero-order chi connectivity index (χ0) is 12.3. The van der Waals surface area contributed by atoms with E-state index in [1.165, 1.54) is 12.8 Å². The summed E-state index contributed by atoms with van der Waals surface area (Å²) in [4.78, 5) is 0. The van der Waals surface area contributed by atoms with Crippen molar-refractivity contribution in [2.75, 3.05) is 5.75 Å². The normalized spacial score (nSPS) is 11.0. The van der Waals surface area contributed by atoms with Crippen LogP contribution in [0.4, 0.5) is 0 Å². The maximum absolute atomic E-state index is 9.60. The summed E-state index contributed by atoms with van der Waals surface area (Å²) >= 11 is 1.61. The zero-order valence-electron chi connectivity index (χ0n) is 10.6. The van der Waals surface area contributed by atoms with E-state index in [1.807, 2.05) is 54.6 Å². The van der Waals surface area contributed by atoms with Crippen LogP contribution in [0.2, 0.25) is 0 Å². The molecule has 2 aromatic carbocycles. The van der Waals surface area contributed by atoms with Gasteiger partial charge in [0, 0.05) is 17.1 Å². The molecule has 0 heterocycles. The van der Waals surface area contributed by atoms with Gasteiger partial charge in [0.25, 0.3) is 0 Å². The summed E-state index contributed by atoms with van der Waals surface area (Å²) in [7, 11) is 0. The molecule has 0 aliphatic rings. The maximum atomic E-state index is 9.60. The van der Waals surface area contributed by atoms with Crippen molar-refractivity contribution in [3.8, 4) is 0 Å². The fraction of sp³-hybridized carbons (Fsp3) is 0.333. The van der Waals surface area contributed by atoms with Crippen molar-refractivity contribution in [3.05, 3.63) is 60.2 Å². The van der Waals surface area contributed by atoms with Gasteiger partial charge in [0.15, 0.2) is 0 Å². The Morgan fingerprint density at radius 2 is 1.61 bits per heavy atom. The van der Waals surface area contributed by atoms with Gasteiger partial charge in [-0.2, -0.15) is 12.1 Å². The summed E-state index contributed by atoms with van der Waals surface area (Å²) in [5.41, 5.74) is 0.697. The van der Waals surface area contributed by atoms with Crippen LogP contribution in [0, 0.1) is 0 Å². The topological polar surface area (TPSA) is 20.2 Å². The van der Waals surface area contributed by atoms with E-state index in [1.54, 1.807) is 11.8 Å². The first kappa shape index (κ1) is 17.5. The molecule has 0 aromatic heterocycles. The van der Waals surface area contributed by atoms with E-state index in [9.17, 15) is 5.11 Å². The van der Waals surface area contributed by atoms with E-state index in [-0.39, 0.29) is 22.5 Å². The van der Waals surface area contributed by atoms with Crippen LogP contribution < -0.4 is 0 Å². The van der Waals surface area contributed by atoms with E-state index in [0.29, 0.717) is 0 Å². The van der Waals surface area contributed by atoms with Crippen LogP contribution in [-0.4, -0.2) is 10.9 Å². The minimum atomic E-state index is -0.327. The number of unbranched alkanes of at least 4 members (excludes halogenated alkanes) is 1. The molecule has 0 spiro atoms. The molecule has 0 saturated carbocycles. The Bertz CT molecular complexity index is 325. The molecule has 0 aliphatic heterocycles. The number of hydrogen-bond donors (Lipinski definition) is 1. The Balaban J connectivity index is 0.000000405. The zero-order valence-corrected chi connectivity index (χ0v) is 12.5. The van der Waals surface area contributed by atoms with Crippen LogP contribution in [0.1, 0.15) is 30.8 Å². The number of hydrogen-bond acceptors (Lipinski definition) is 2. The fourth-order valence-corrected chi connectivity index (χ4v) is 2.34. The molecule has 0 radical (unpaired) electrons. The minimum Gasteiger partial charge on any atom is -0.748 e. The first-order chi connectivity index (χ1) is 8.34. The Labute approximate surface area is 125 Å². The Kier molecular flexibility index (Phi) is 11.3. The average Bonchev–Trinajstić information content (AvgIpc) is 3.05. The summed E-state index contributed by atoms with van der Waals surface area (Å²) in [5.74, 6) is 1.04. The summed E-state index contributed by atoms with van der Waals surface area (Å²) in [6, 6.07) is 17.8. The average molecular weight is 304 g/mol. The second-order valence-corrected chi connectivity index (χ2v) is 4.95. The van der Waals surface area contributed by atoms with Gasteiger partial charge < -0.3 is 35.4 Å². The summed E-state index contributed by atoms with van der Waals surface area (Å²) < 4.78 is 0. The second-order valence-electron chi connectivity index (χ2n) is 3.76. The van der Waals surface area contributed by atoms with Crippen molar-refractivity contribution in [1.82, 2.24) is 0 Å². The third kappa shape index (κ3) is 7.78. The Morgan fingerprint density at radius 3 is 2.06 bits per heavy atom. The standard InChI is InChI=1S/C10H15OS.C5H5.Fe/c1-2-3-8-12-10(11)9-6-4-5-7-9;1-2-4-5-3-1;/h4-7,10-11H,2-3,8H2,1H3;1-5H;/q-1;-5;. The summed E-state index contributed by atoms with van der Waals surface area (Å²) in [5, 5.41) is 9.60. The van der Waals surface area contributed by atoms with Gasteiger partial charge in [-0.3, -0.25) is 0 Å². The SMILES string of the molecule is CCCCSC(O)[c-]1cccc1.[Fe].[cH-]1[cH-][cH-][cH-][cH-]1. The molecule has 0 saturated heterocycles. The molecule has 0 amide bonds. The first-order valence-corrected chi connectivity index (χ1v) is 7.07. The molecule has 1 atom stereocenters.